The Bertz CT molecular complexity index is 807. The van der Waals surface area contributed by atoms with Crippen molar-refractivity contribution in [3.63, 3.8) is 0 Å². The molecule has 2 aliphatic heterocycles. The van der Waals surface area contributed by atoms with Crippen molar-refractivity contribution in [2.75, 3.05) is 19.6 Å². The van der Waals surface area contributed by atoms with E-state index in [4.69, 9.17) is 0 Å². The summed E-state index contributed by atoms with van der Waals surface area (Å²) in [7, 11) is 0. The number of nitrogens with zero attached hydrogens (tertiary/aromatic N) is 2. The van der Waals surface area contributed by atoms with Gasteiger partial charge in [-0.3, -0.25) is 9.59 Å². The van der Waals surface area contributed by atoms with E-state index >= 15 is 0 Å². The number of carbonyl (C=O) groups is 2. The van der Waals surface area contributed by atoms with Gasteiger partial charge in [-0.25, -0.2) is 0 Å². The normalized spacial score (nSPS) is 19.3. The van der Waals surface area contributed by atoms with Gasteiger partial charge in [0.25, 0.3) is 5.91 Å². The highest BCUT2D eigenvalue weighted by Crippen LogP contribution is 2.41. The Kier molecular flexibility index (Phi) is 4.57. The molecule has 5 heteroatoms. The zero-order valence-electron chi connectivity index (χ0n) is 15.1. The molecule has 4 nitrogen and oxygen atoms in total. The van der Waals surface area contributed by atoms with Gasteiger partial charge < -0.3 is 9.80 Å². The number of amides is 2. The molecule has 136 valence electrons. The molecule has 0 saturated carbocycles. The van der Waals surface area contributed by atoms with E-state index in [1.54, 1.807) is 11.3 Å². The summed E-state index contributed by atoms with van der Waals surface area (Å²) >= 11 is 1.55. The molecule has 3 heterocycles. The number of benzene rings is 1. The molecule has 2 amide bonds. The van der Waals surface area contributed by atoms with E-state index in [9.17, 15) is 9.59 Å². The third-order valence-corrected chi connectivity index (χ3v) is 6.42. The number of rotatable bonds is 3. The van der Waals surface area contributed by atoms with Crippen molar-refractivity contribution in [1.29, 1.82) is 0 Å². The van der Waals surface area contributed by atoms with Crippen molar-refractivity contribution < 1.29 is 9.59 Å². The Balaban J connectivity index is 1.38. The van der Waals surface area contributed by atoms with Crippen molar-refractivity contribution >= 4 is 23.2 Å². The number of piperidine rings is 1. The maximum atomic E-state index is 12.6. The van der Waals surface area contributed by atoms with Crippen molar-refractivity contribution in [1.82, 2.24) is 9.80 Å². The second kappa shape index (κ2) is 6.88. The van der Waals surface area contributed by atoms with Crippen LogP contribution in [-0.2, 0) is 11.3 Å². The molecule has 0 atom stereocenters. The van der Waals surface area contributed by atoms with Crippen LogP contribution < -0.4 is 0 Å². The molecule has 2 saturated heterocycles. The molecule has 0 unspecified atom stereocenters. The van der Waals surface area contributed by atoms with Gasteiger partial charge in [0.2, 0.25) is 5.91 Å². The summed E-state index contributed by atoms with van der Waals surface area (Å²) in [6.45, 7) is 5.09. The fourth-order valence-corrected chi connectivity index (χ4v) is 4.87. The number of hydrogen-bond acceptors (Lipinski definition) is 3. The Morgan fingerprint density at radius 3 is 2.73 bits per heavy atom. The highest BCUT2D eigenvalue weighted by molar-refractivity contribution is 7.08. The van der Waals surface area contributed by atoms with Crippen LogP contribution in [0.2, 0.25) is 0 Å². The molecule has 0 radical (unpaired) electrons. The average molecular weight is 369 g/mol. The van der Waals surface area contributed by atoms with E-state index < -0.39 is 0 Å². The summed E-state index contributed by atoms with van der Waals surface area (Å²) < 4.78 is 0. The number of aryl methyl sites for hydroxylation is 1. The number of likely N-dealkylation sites (tertiary alicyclic amines) is 2. The van der Waals surface area contributed by atoms with Crippen LogP contribution in [0.5, 0.6) is 0 Å². The van der Waals surface area contributed by atoms with Gasteiger partial charge in [-0.15, -0.1) is 0 Å². The van der Waals surface area contributed by atoms with Crippen molar-refractivity contribution in [3.05, 3.63) is 57.8 Å². The second-order valence-corrected chi connectivity index (χ2v) is 8.50. The number of thiophene rings is 1. The third-order valence-electron chi connectivity index (χ3n) is 5.74. The van der Waals surface area contributed by atoms with E-state index in [1.807, 2.05) is 26.6 Å². The van der Waals surface area contributed by atoms with Crippen LogP contribution in [0.1, 0.15) is 40.7 Å². The molecule has 4 rings (SSSR count). The van der Waals surface area contributed by atoms with Gasteiger partial charge in [-0.1, -0.05) is 29.8 Å². The topological polar surface area (TPSA) is 40.6 Å². The maximum Gasteiger partial charge on any atom is 0.254 e. The zero-order chi connectivity index (χ0) is 18.1. The molecule has 0 aliphatic carbocycles. The van der Waals surface area contributed by atoms with E-state index in [-0.39, 0.29) is 17.2 Å². The summed E-state index contributed by atoms with van der Waals surface area (Å²) in [5.74, 6) is 0.381. The van der Waals surface area contributed by atoms with E-state index in [0.29, 0.717) is 13.0 Å². The SMILES string of the molecule is Cc1cccc(CN2CC3(CCN(C(=O)c4ccsc4)CC3)CC2=O)c1. The molecule has 1 aromatic carbocycles. The summed E-state index contributed by atoms with van der Waals surface area (Å²) in [5.41, 5.74) is 3.26. The van der Waals surface area contributed by atoms with Crippen LogP contribution in [0, 0.1) is 12.3 Å². The Labute approximate surface area is 158 Å². The van der Waals surface area contributed by atoms with Gasteiger partial charge in [0, 0.05) is 43.4 Å². The minimum atomic E-state index is 0.0480. The fraction of sp³-hybridized carbons (Fsp3) is 0.429. The summed E-state index contributed by atoms with van der Waals surface area (Å²) in [4.78, 5) is 29.1. The van der Waals surface area contributed by atoms with Crippen LogP contribution in [-0.4, -0.2) is 41.2 Å². The maximum absolute atomic E-state index is 12.6. The van der Waals surface area contributed by atoms with Gasteiger partial charge in [-0.2, -0.15) is 11.3 Å². The van der Waals surface area contributed by atoms with Crippen LogP contribution in [0.3, 0.4) is 0 Å². The molecular formula is C21H24N2O2S. The molecule has 0 N–H and O–H groups in total. The van der Waals surface area contributed by atoms with E-state index in [1.165, 1.54) is 11.1 Å². The Morgan fingerprint density at radius 1 is 1.23 bits per heavy atom. The summed E-state index contributed by atoms with van der Waals surface area (Å²) in [6, 6.07) is 10.3. The van der Waals surface area contributed by atoms with Crippen molar-refractivity contribution in [2.24, 2.45) is 5.41 Å². The lowest BCUT2D eigenvalue weighted by Gasteiger charge is -2.38. The highest BCUT2D eigenvalue weighted by atomic mass is 32.1. The zero-order valence-corrected chi connectivity index (χ0v) is 15.9. The second-order valence-electron chi connectivity index (χ2n) is 7.72. The largest absolute Gasteiger partial charge is 0.339 e. The molecule has 2 aromatic rings. The number of carbonyl (C=O) groups excluding carboxylic acids is 2. The Hall–Kier alpha value is -2.14. The van der Waals surface area contributed by atoms with Crippen LogP contribution in [0.4, 0.5) is 0 Å². The van der Waals surface area contributed by atoms with Crippen LogP contribution >= 0.6 is 11.3 Å². The lowest BCUT2D eigenvalue weighted by Crippen LogP contribution is -2.44. The quantitative estimate of drug-likeness (QED) is 0.829. The van der Waals surface area contributed by atoms with Crippen molar-refractivity contribution in [3.8, 4) is 0 Å². The first-order chi connectivity index (χ1) is 12.5. The van der Waals surface area contributed by atoms with Crippen molar-refractivity contribution in [2.45, 2.75) is 32.7 Å². The minimum absolute atomic E-state index is 0.0480. The van der Waals surface area contributed by atoms with Gasteiger partial charge in [-0.05, 0) is 36.8 Å². The highest BCUT2D eigenvalue weighted by Gasteiger charge is 2.45. The first-order valence-corrected chi connectivity index (χ1v) is 10.1. The third kappa shape index (κ3) is 3.40. The predicted octanol–water partition coefficient (Wildman–Crippen LogP) is 3.71. The molecule has 1 spiro atoms. The molecular weight excluding hydrogens is 344 g/mol. The Morgan fingerprint density at radius 2 is 2.04 bits per heavy atom. The minimum Gasteiger partial charge on any atom is -0.339 e. The monoisotopic (exact) mass is 368 g/mol. The molecule has 1 aromatic heterocycles. The summed E-state index contributed by atoms with van der Waals surface area (Å²) in [5, 5.41) is 3.85. The lowest BCUT2D eigenvalue weighted by atomic mass is 9.77. The average Bonchev–Trinajstić information content (AvgIpc) is 3.24. The van der Waals surface area contributed by atoms with Crippen LogP contribution in [0.25, 0.3) is 0 Å². The van der Waals surface area contributed by atoms with E-state index in [2.05, 4.69) is 31.2 Å². The first kappa shape index (κ1) is 17.3. The van der Waals surface area contributed by atoms with Crippen LogP contribution in [0.15, 0.2) is 41.1 Å². The van der Waals surface area contributed by atoms with E-state index in [0.717, 1.165) is 38.0 Å². The molecule has 2 aliphatic rings. The molecule has 2 fully saturated rings. The smallest absolute Gasteiger partial charge is 0.254 e. The van der Waals surface area contributed by atoms with Gasteiger partial charge in [0.05, 0.1) is 5.56 Å². The van der Waals surface area contributed by atoms with Gasteiger partial charge >= 0.3 is 0 Å². The van der Waals surface area contributed by atoms with Gasteiger partial charge in [0.15, 0.2) is 0 Å². The first-order valence-electron chi connectivity index (χ1n) is 9.20. The fourth-order valence-electron chi connectivity index (χ4n) is 4.24. The lowest BCUT2D eigenvalue weighted by molar-refractivity contribution is -0.128. The standard InChI is InChI=1S/C21H24N2O2S/c1-16-3-2-4-17(11-16)13-23-15-21(12-19(23)24)6-8-22(9-7-21)20(25)18-5-10-26-14-18/h2-5,10-11,14H,6-9,12-13,15H2,1H3. The predicted molar refractivity (Wildman–Crippen MR) is 103 cm³/mol. The molecule has 0 bridgehead atoms. The van der Waals surface area contributed by atoms with Gasteiger partial charge in [0.1, 0.15) is 0 Å². The molecule has 26 heavy (non-hydrogen) atoms. The number of hydrogen-bond donors (Lipinski definition) is 0. The summed E-state index contributed by atoms with van der Waals surface area (Å²) in [6.07, 6.45) is 2.46.